The number of thioether (sulfide) groups is 1. The predicted molar refractivity (Wildman–Crippen MR) is 33.4 cm³/mol. The fourth-order valence-corrected chi connectivity index (χ4v) is 1.22. The van der Waals surface area contributed by atoms with Crippen LogP contribution in [0.4, 0.5) is 0 Å². The van der Waals surface area contributed by atoms with E-state index >= 15 is 0 Å². The Kier molecular flexibility index (Phi) is 1.44. The van der Waals surface area contributed by atoms with Crippen molar-refractivity contribution in [2.24, 2.45) is 5.73 Å². The van der Waals surface area contributed by atoms with Crippen LogP contribution in [-0.4, -0.2) is 23.6 Å². The van der Waals surface area contributed by atoms with Crippen LogP contribution in [0.15, 0.2) is 0 Å². The molecule has 1 rings (SSSR count). The van der Waals surface area contributed by atoms with Crippen molar-refractivity contribution in [3.8, 4) is 0 Å². The molecule has 3 N–H and O–H groups in total. The number of rotatable bonds is 1. The Hall–Kier alpha value is -0.220. The molecule has 0 aromatic rings. The van der Waals surface area contributed by atoms with Crippen molar-refractivity contribution < 1.29 is 4.79 Å². The van der Waals surface area contributed by atoms with Crippen LogP contribution in [0.1, 0.15) is 0 Å². The summed E-state index contributed by atoms with van der Waals surface area (Å²) >= 11 is 1.57. The van der Waals surface area contributed by atoms with Gasteiger partial charge in [0.05, 0.1) is 5.37 Å². The summed E-state index contributed by atoms with van der Waals surface area (Å²) in [5.41, 5.74) is 5.34. The van der Waals surface area contributed by atoms with Crippen molar-refractivity contribution in [3.05, 3.63) is 0 Å². The van der Waals surface area contributed by atoms with Gasteiger partial charge in [0, 0.05) is 0 Å². The van der Waals surface area contributed by atoms with Crippen LogP contribution in [0.5, 0.6) is 0 Å². The smallest absolute Gasteiger partial charge is 0.240 e. The standard InChI is InChI=1S/C4H8N2OS/c1-8-4-2(5)3(7)6-4/h2,4H,5H2,1H3,(H,6,7)/t2-,4-/m1/s1. The van der Waals surface area contributed by atoms with Crippen molar-refractivity contribution in [1.29, 1.82) is 0 Å². The number of nitrogens with two attached hydrogens (primary N) is 1. The lowest BCUT2D eigenvalue weighted by atomic mass is 10.2. The van der Waals surface area contributed by atoms with Gasteiger partial charge < -0.3 is 11.1 Å². The van der Waals surface area contributed by atoms with Crippen molar-refractivity contribution in [2.75, 3.05) is 6.26 Å². The van der Waals surface area contributed by atoms with E-state index in [-0.39, 0.29) is 17.3 Å². The Morgan fingerprint density at radius 2 is 2.50 bits per heavy atom. The van der Waals surface area contributed by atoms with E-state index in [1.165, 1.54) is 0 Å². The minimum absolute atomic E-state index is 0.0376. The van der Waals surface area contributed by atoms with Gasteiger partial charge in [-0.25, -0.2) is 0 Å². The van der Waals surface area contributed by atoms with E-state index in [2.05, 4.69) is 5.32 Å². The van der Waals surface area contributed by atoms with Gasteiger partial charge in [0.1, 0.15) is 6.04 Å². The van der Waals surface area contributed by atoms with E-state index in [9.17, 15) is 4.79 Å². The number of carbonyl (C=O) groups excluding carboxylic acids is 1. The first-order valence-corrected chi connectivity index (χ1v) is 3.63. The summed E-state index contributed by atoms with van der Waals surface area (Å²) in [6.45, 7) is 0. The van der Waals surface area contributed by atoms with Gasteiger partial charge >= 0.3 is 0 Å². The zero-order valence-corrected chi connectivity index (χ0v) is 5.37. The summed E-state index contributed by atoms with van der Waals surface area (Å²) in [7, 11) is 0. The van der Waals surface area contributed by atoms with Gasteiger partial charge in [0.25, 0.3) is 0 Å². The highest BCUT2D eigenvalue weighted by atomic mass is 32.2. The molecule has 1 fully saturated rings. The molecule has 0 saturated carbocycles. The summed E-state index contributed by atoms with van der Waals surface area (Å²) in [6.07, 6.45) is 1.92. The molecule has 0 aromatic carbocycles. The molecule has 1 aliphatic heterocycles. The molecule has 0 radical (unpaired) electrons. The molecule has 1 saturated heterocycles. The number of hydrogen-bond donors (Lipinski definition) is 2. The monoisotopic (exact) mass is 132 g/mol. The summed E-state index contributed by atoms with van der Waals surface area (Å²) in [5.74, 6) is -0.0376. The van der Waals surface area contributed by atoms with Crippen molar-refractivity contribution in [1.82, 2.24) is 5.32 Å². The highest BCUT2D eigenvalue weighted by Gasteiger charge is 2.34. The molecule has 1 aliphatic rings. The molecular weight excluding hydrogens is 124 g/mol. The van der Waals surface area contributed by atoms with Crippen LogP contribution >= 0.6 is 11.8 Å². The van der Waals surface area contributed by atoms with Crippen LogP contribution in [0.3, 0.4) is 0 Å². The van der Waals surface area contributed by atoms with Crippen LogP contribution in [-0.2, 0) is 4.79 Å². The molecule has 2 atom stereocenters. The zero-order valence-electron chi connectivity index (χ0n) is 4.55. The Balaban J connectivity index is 2.35. The van der Waals surface area contributed by atoms with Crippen molar-refractivity contribution in [3.63, 3.8) is 0 Å². The quantitative estimate of drug-likeness (QED) is 0.456. The Labute approximate surface area is 52.0 Å². The fourth-order valence-electron chi connectivity index (χ4n) is 0.573. The van der Waals surface area contributed by atoms with E-state index in [0.29, 0.717) is 0 Å². The van der Waals surface area contributed by atoms with E-state index in [4.69, 9.17) is 5.73 Å². The average Bonchev–Trinajstić information content (AvgIpc) is 1.81. The van der Waals surface area contributed by atoms with Crippen LogP contribution < -0.4 is 11.1 Å². The first-order chi connectivity index (χ1) is 3.75. The molecule has 46 valence electrons. The van der Waals surface area contributed by atoms with Crippen LogP contribution in [0.2, 0.25) is 0 Å². The summed E-state index contributed by atoms with van der Waals surface area (Å²) in [6, 6.07) is -0.273. The maximum Gasteiger partial charge on any atom is 0.240 e. The molecule has 0 aromatic heterocycles. The summed E-state index contributed by atoms with van der Waals surface area (Å²) in [5, 5.41) is 2.80. The fraction of sp³-hybridized carbons (Fsp3) is 0.750. The third kappa shape index (κ3) is 0.695. The second-order valence-corrected chi connectivity index (χ2v) is 2.67. The first kappa shape index (κ1) is 5.91. The molecular formula is C4H8N2OS. The SMILES string of the molecule is CS[C@H]1NC(=O)[C@H]1N. The molecule has 8 heavy (non-hydrogen) atoms. The molecule has 1 amide bonds. The minimum Gasteiger partial charge on any atom is -0.341 e. The molecule has 3 nitrogen and oxygen atoms in total. The van der Waals surface area contributed by atoms with E-state index < -0.39 is 0 Å². The number of hydrogen-bond acceptors (Lipinski definition) is 3. The molecule has 0 spiro atoms. The maximum absolute atomic E-state index is 10.4. The van der Waals surface area contributed by atoms with E-state index in [1.807, 2.05) is 6.26 Å². The molecule has 0 bridgehead atoms. The lowest BCUT2D eigenvalue weighted by Gasteiger charge is -2.31. The maximum atomic E-state index is 10.4. The van der Waals surface area contributed by atoms with E-state index in [1.54, 1.807) is 11.8 Å². The summed E-state index contributed by atoms with van der Waals surface area (Å²) in [4.78, 5) is 10.4. The topological polar surface area (TPSA) is 55.1 Å². The second-order valence-electron chi connectivity index (χ2n) is 1.69. The van der Waals surface area contributed by atoms with Crippen molar-refractivity contribution in [2.45, 2.75) is 11.4 Å². The Bertz CT molecular complexity index is 117. The first-order valence-electron chi connectivity index (χ1n) is 2.34. The van der Waals surface area contributed by atoms with Gasteiger partial charge in [-0.05, 0) is 6.26 Å². The van der Waals surface area contributed by atoms with Gasteiger partial charge in [0.2, 0.25) is 5.91 Å². The van der Waals surface area contributed by atoms with E-state index in [0.717, 1.165) is 0 Å². The third-order valence-electron chi connectivity index (χ3n) is 1.17. The summed E-state index contributed by atoms with van der Waals surface area (Å²) < 4.78 is 0. The number of β-lactam (4-membered cyclic amide) rings is 1. The molecule has 4 heteroatoms. The minimum atomic E-state index is -0.273. The van der Waals surface area contributed by atoms with Gasteiger partial charge in [-0.2, -0.15) is 0 Å². The Morgan fingerprint density at radius 3 is 2.62 bits per heavy atom. The molecule has 0 aliphatic carbocycles. The van der Waals surface area contributed by atoms with Gasteiger partial charge in [-0.1, -0.05) is 0 Å². The highest BCUT2D eigenvalue weighted by Crippen LogP contribution is 2.13. The number of carbonyl (C=O) groups is 1. The lowest BCUT2D eigenvalue weighted by molar-refractivity contribution is -0.128. The number of nitrogens with one attached hydrogen (secondary N) is 1. The molecule has 1 heterocycles. The normalized spacial score (nSPS) is 36.0. The largest absolute Gasteiger partial charge is 0.341 e. The van der Waals surface area contributed by atoms with Crippen LogP contribution in [0.25, 0.3) is 0 Å². The molecule has 0 unspecified atom stereocenters. The Morgan fingerprint density at radius 1 is 1.88 bits per heavy atom. The lowest BCUT2D eigenvalue weighted by Crippen LogP contribution is -2.64. The van der Waals surface area contributed by atoms with Gasteiger partial charge in [-0.3, -0.25) is 4.79 Å². The van der Waals surface area contributed by atoms with Crippen LogP contribution in [0, 0.1) is 0 Å². The predicted octanol–water partition coefficient (Wildman–Crippen LogP) is -0.867. The third-order valence-corrected chi connectivity index (χ3v) is 2.09. The average molecular weight is 132 g/mol. The second kappa shape index (κ2) is 1.95. The van der Waals surface area contributed by atoms with Gasteiger partial charge in [-0.15, -0.1) is 11.8 Å². The zero-order chi connectivity index (χ0) is 6.15. The number of amides is 1. The van der Waals surface area contributed by atoms with Crippen molar-refractivity contribution >= 4 is 17.7 Å². The highest BCUT2D eigenvalue weighted by molar-refractivity contribution is 7.99. The van der Waals surface area contributed by atoms with Gasteiger partial charge in [0.15, 0.2) is 0 Å².